The molecular formula is C14H19N3O2S. The Hall–Kier alpha value is -1.79. The standard InChI is InChI=1S/C14H19N3O2S/c1-17(10-13-9-16-14(15)20-13)7-8-19-12-5-3-11(18-2)4-6-12/h3-6,9H,7-8,10H2,1-2H3,(H2,15,16). The molecule has 1 heterocycles. The fraction of sp³-hybridized carbons (Fsp3) is 0.357. The molecule has 0 aliphatic heterocycles. The molecule has 2 N–H and O–H groups in total. The van der Waals surface area contributed by atoms with Gasteiger partial charge >= 0.3 is 0 Å². The lowest BCUT2D eigenvalue weighted by Gasteiger charge is -2.15. The molecule has 0 aliphatic carbocycles. The molecule has 108 valence electrons. The molecule has 2 aromatic rings. The van der Waals surface area contributed by atoms with Crippen LogP contribution in [-0.4, -0.2) is 37.2 Å². The van der Waals surface area contributed by atoms with Crippen molar-refractivity contribution >= 4 is 16.5 Å². The van der Waals surface area contributed by atoms with E-state index in [-0.39, 0.29) is 0 Å². The van der Waals surface area contributed by atoms with Crippen LogP contribution in [0.5, 0.6) is 11.5 Å². The molecule has 0 atom stereocenters. The van der Waals surface area contributed by atoms with E-state index < -0.39 is 0 Å². The lowest BCUT2D eigenvalue weighted by Crippen LogP contribution is -2.23. The Balaban J connectivity index is 1.71. The molecule has 0 unspecified atom stereocenters. The second-order valence-corrected chi connectivity index (χ2v) is 5.57. The molecule has 0 spiro atoms. The van der Waals surface area contributed by atoms with Gasteiger partial charge < -0.3 is 15.2 Å². The van der Waals surface area contributed by atoms with Gasteiger partial charge in [-0.15, -0.1) is 11.3 Å². The van der Waals surface area contributed by atoms with Crippen molar-refractivity contribution in [3.63, 3.8) is 0 Å². The Kier molecular flexibility index (Phi) is 5.20. The normalized spacial score (nSPS) is 10.8. The highest BCUT2D eigenvalue weighted by Gasteiger charge is 2.04. The summed E-state index contributed by atoms with van der Waals surface area (Å²) in [5, 5.41) is 0.614. The zero-order valence-electron chi connectivity index (χ0n) is 11.7. The number of ether oxygens (including phenoxy) is 2. The molecule has 0 aliphatic rings. The number of likely N-dealkylation sites (N-methyl/N-ethyl adjacent to an activating group) is 1. The topological polar surface area (TPSA) is 60.6 Å². The summed E-state index contributed by atoms with van der Waals surface area (Å²) in [6, 6.07) is 7.59. The summed E-state index contributed by atoms with van der Waals surface area (Å²) >= 11 is 1.52. The van der Waals surface area contributed by atoms with Crippen molar-refractivity contribution in [3.05, 3.63) is 35.3 Å². The van der Waals surface area contributed by atoms with E-state index in [1.54, 1.807) is 7.11 Å². The monoisotopic (exact) mass is 293 g/mol. The lowest BCUT2D eigenvalue weighted by molar-refractivity contribution is 0.233. The van der Waals surface area contributed by atoms with Crippen LogP contribution in [0.3, 0.4) is 0 Å². The van der Waals surface area contributed by atoms with Crippen LogP contribution in [0.4, 0.5) is 5.13 Å². The van der Waals surface area contributed by atoms with E-state index in [1.165, 1.54) is 11.3 Å². The zero-order chi connectivity index (χ0) is 14.4. The van der Waals surface area contributed by atoms with Crippen LogP contribution >= 0.6 is 11.3 Å². The third-order valence-electron chi connectivity index (χ3n) is 2.80. The van der Waals surface area contributed by atoms with Crippen LogP contribution in [0, 0.1) is 0 Å². The van der Waals surface area contributed by atoms with Gasteiger partial charge in [-0.05, 0) is 31.3 Å². The average Bonchev–Trinajstić information content (AvgIpc) is 2.85. The Bertz CT molecular complexity index is 527. The van der Waals surface area contributed by atoms with Crippen LogP contribution in [0.1, 0.15) is 4.88 Å². The molecule has 0 saturated carbocycles. The first kappa shape index (κ1) is 14.6. The van der Waals surface area contributed by atoms with Crippen molar-refractivity contribution < 1.29 is 9.47 Å². The Morgan fingerprint density at radius 3 is 2.55 bits per heavy atom. The quantitative estimate of drug-likeness (QED) is 0.848. The summed E-state index contributed by atoms with van der Waals surface area (Å²) in [7, 11) is 3.70. The Morgan fingerprint density at radius 2 is 1.95 bits per heavy atom. The summed E-state index contributed by atoms with van der Waals surface area (Å²) in [6.07, 6.45) is 1.82. The molecular weight excluding hydrogens is 274 g/mol. The number of rotatable bonds is 7. The first-order valence-electron chi connectivity index (χ1n) is 6.33. The molecule has 5 nitrogen and oxygen atoms in total. The van der Waals surface area contributed by atoms with Gasteiger partial charge in [-0.1, -0.05) is 0 Å². The summed E-state index contributed by atoms with van der Waals surface area (Å²) in [6.45, 7) is 2.31. The van der Waals surface area contributed by atoms with Gasteiger partial charge in [0.2, 0.25) is 0 Å². The van der Waals surface area contributed by atoms with Gasteiger partial charge in [-0.3, -0.25) is 4.90 Å². The van der Waals surface area contributed by atoms with E-state index in [2.05, 4.69) is 9.88 Å². The van der Waals surface area contributed by atoms with Gasteiger partial charge in [0.1, 0.15) is 18.1 Å². The minimum atomic E-state index is 0.614. The van der Waals surface area contributed by atoms with E-state index in [0.717, 1.165) is 29.5 Å². The van der Waals surface area contributed by atoms with Gasteiger partial charge in [-0.2, -0.15) is 0 Å². The fourth-order valence-electron chi connectivity index (χ4n) is 1.73. The number of nitrogens with two attached hydrogens (primary N) is 1. The van der Waals surface area contributed by atoms with Gasteiger partial charge in [0.15, 0.2) is 5.13 Å². The highest BCUT2D eigenvalue weighted by molar-refractivity contribution is 7.15. The van der Waals surface area contributed by atoms with Crippen LogP contribution in [0.15, 0.2) is 30.5 Å². The third kappa shape index (κ3) is 4.40. The molecule has 20 heavy (non-hydrogen) atoms. The lowest BCUT2D eigenvalue weighted by atomic mass is 10.3. The van der Waals surface area contributed by atoms with E-state index >= 15 is 0 Å². The second kappa shape index (κ2) is 7.12. The highest BCUT2D eigenvalue weighted by atomic mass is 32.1. The van der Waals surface area contributed by atoms with E-state index in [4.69, 9.17) is 15.2 Å². The van der Waals surface area contributed by atoms with Crippen molar-refractivity contribution in [2.75, 3.05) is 33.0 Å². The average molecular weight is 293 g/mol. The number of hydrogen-bond donors (Lipinski definition) is 1. The number of aromatic nitrogens is 1. The first-order chi connectivity index (χ1) is 9.67. The van der Waals surface area contributed by atoms with Crippen molar-refractivity contribution in [2.45, 2.75) is 6.54 Å². The minimum absolute atomic E-state index is 0.614. The first-order valence-corrected chi connectivity index (χ1v) is 7.14. The summed E-state index contributed by atoms with van der Waals surface area (Å²) in [4.78, 5) is 7.38. The molecule has 2 rings (SSSR count). The molecule has 6 heteroatoms. The van der Waals surface area contributed by atoms with Crippen molar-refractivity contribution in [3.8, 4) is 11.5 Å². The maximum atomic E-state index is 5.68. The fourth-order valence-corrected chi connectivity index (χ4v) is 2.50. The van der Waals surface area contributed by atoms with E-state index in [0.29, 0.717) is 11.7 Å². The Labute approximate surface area is 123 Å². The number of hydrogen-bond acceptors (Lipinski definition) is 6. The van der Waals surface area contributed by atoms with Crippen LogP contribution < -0.4 is 15.2 Å². The largest absolute Gasteiger partial charge is 0.497 e. The molecule has 1 aromatic carbocycles. The second-order valence-electron chi connectivity index (χ2n) is 4.43. The highest BCUT2D eigenvalue weighted by Crippen LogP contribution is 2.17. The van der Waals surface area contributed by atoms with Gasteiger partial charge in [0, 0.05) is 24.2 Å². The van der Waals surface area contributed by atoms with Gasteiger partial charge in [0.25, 0.3) is 0 Å². The van der Waals surface area contributed by atoms with Crippen molar-refractivity contribution in [2.24, 2.45) is 0 Å². The predicted molar refractivity (Wildman–Crippen MR) is 81.3 cm³/mol. The minimum Gasteiger partial charge on any atom is -0.497 e. The maximum Gasteiger partial charge on any atom is 0.180 e. The van der Waals surface area contributed by atoms with Crippen LogP contribution in [0.2, 0.25) is 0 Å². The molecule has 0 saturated heterocycles. The van der Waals surface area contributed by atoms with Crippen molar-refractivity contribution in [1.29, 1.82) is 0 Å². The van der Waals surface area contributed by atoms with Gasteiger partial charge in [-0.25, -0.2) is 4.98 Å². The van der Waals surface area contributed by atoms with Gasteiger partial charge in [0.05, 0.1) is 7.11 Å². The zero-order valence-corrected chi connectivity index (χ0v) is 12.5. The number of thiazole rings is 1. The Morgan fingerprint density at radius 1 is 1.25 bits per heavy atom. The third-order valence-corrected chi connectivity index (χ3v) is 3.61. The summed E-state index contributed by atoms with van der Waals surface area (Å²) in [5.74, 6) is 1.68. The maximum absolute atomic E-state index is 5.68. The SMILES string of the molecule is COc1ccc(OCCN(C)Cc2cnc(N)s2)cc1. The van der Waals surface area contributed by atoms with E-state index in [1.807, 2.05) is 37.5 Å². The number of nitrogens with zero attached hydrogens (tertiary/aromatic N) is 2. The number of benzene rings is 1. The number of methoxy groups -OCH3 is 1. The van der Waals surface area contributed by atoms with E-state index in [9.17, 15) is 0 Å². The summed E-state index contributed by atoms with van der Waals surface area (Å²) < 4.78 is 10.8. The molecule has 0 radical (unpaired) electrons. The van der Waals surface area contributed by atoms with Crippen LogP contribution in [-0.2, 0) is 6.54 Å². The smallest absolute Gasteiger partial charge is 0.180 e. The molecule has 0 fully saturated rings. The van der Waals surface area contributed by atoms with Crippen LogP contribution in [0.25, 0.3) is 0 Å². The number of anilines is 1. The van der Waals surface area contributed by atoms with Crippen molar-refractivity contribution in [1.82, 2.24) is 9.88 Å². The molecule has 1 aromatic heterocycles. The molecule has 0 bridgehead atoms. The number of nitrogen functional groups attached to an aromatic ring is 1. The predicted octanol–water partition coefficient (Wildman–Crippen LogP) is 2.24. The molecule has 0 amide bonds. The summed E-state index contributed by atoms with van der Waals surface area (Å²) in [5.41, 5.74) is 5.61.